The van der Waals surface area contributed by atoms with Crippen molar-refractivity contribution < 1.29 is 14.1 Å². The van der Waals surface area contributed by atoms with E-state index in [2.05, 4.69) is 32.9 Å². The second kappa shape index (κ2) is 11.4. The Kier molecular flexibility index (Phi) is 8.78. The summed E-state index contributed by atoms with van der Waals surface area (Å²) in [6, 6.07) is 24.2. The molecule has 0 heterocycles. The van der Waals surface area contributed by atoms with Crippen LogP contribution in [0.1, 0.15) is 67.9 Å². The molecule has 2 unspecified atom stereocenters. The fourth-order valence-electron chi connectivity index (χ4n) is 5.45. The normalized spacial score (nSPS) is 14.2. The predicted molar refractivity (Wildman–Crippen MR) is 147 cm³/mol. The molecule has 0 fully saturated rings. The highest BCUT2D eigenvalue weighted by molar-refractivity contribution is 7.74. The largest absolute Gasteiger partial charge is 0.465 e. The Balaban J connectivity index is 2.42. The van der Waals surface area contributed by atoms with Crippen molar-refractivity contribution in [2.24, 2.45) is 0 Å². The van der Waals surface area contributed by atoms with Crippen molar-refractivity contribution in [3.05, 3.63) is 101 Å². The molecule has 0 bridgehead atoms. The Morgan fingerprint density at radius 2 is 1.37 bits per heavy atom. The molecule has 4 heteroatoms. The summed E-state index contributed by atoms with van der Waals surface area (Å²) in [5, 5.41) is -0.123. The zero-order chi connectivity index (χ0) is 25.6. The highest BCUT2D eigenvalue weighted by atomic mass is 31.2. The van der Waals surface area contributed by atoms with E-state index in [-0.39, 0.29) is 5.97 Å². The lowest BCUT2D eigenvalue weighted by Gasteiger charge is -2.43. The van der Waals surface area contributed by atoms with Crippen molar-refractivity contribution in [2.45, 2.75) is 71.6 Å². The minimum Gasteiger partial charge on any atom is -0.465 e. The lowest BCUT2D eigenvalue weighted by atomic mass is 9.92. The molecule has 0 saturated carbocycles. The molecule has 0 aliphatic heterocycles. The van der Waals surface area contributed by atoms with E-state index < -0.39 is 18.0 Å². The van der Waals surface area contributed by atoms with E-state index in [1.807, 2.05) is 81.4 Å². The molecule has 3 rings (SSSR count). The summed E-state index contributed by atoms with van der Waals surface area (Å²) in [6.45, 7) is 12.5. The van der Waals surface area contributed by atoms with Crippen LogP contribution in [0.4, 0.5) is 0 Å². The lowest BCUT2D eigenvalue weighted by Crippen LogP contribution is -2.40. The van der Waals surface area contributed by atoms with Crippen molar-refractivity contribution in [3.63, 3.8) is 0 Å². The Morgan fingerprint density at radius 1 is 0.886 bits per heavy atom. The van der Waals surface area contributed by atoms with E-state index in [0.717, 1.165) is 46.0 Å². The highest BCUT2D eigenvalue weighted by Gasteiger charge is 2.55. The Labute approximate surface area is 211 Å². The maximum Gasteiger partial charge on any atom is 0.316 e. The molecule has 0 amide bonds. The molecule has 0 radical (unpaired) electrons. The number of unbranched alkanes of at least 4 members (excludes halogenated alkanes) is 1. The summed E-state index contributed by atoms with van der Waals surface area (Å²) in [6.07, 6.45) is 2.16. The Bertz CT molecular complexity index is 1120. The number of benzene rings is 3. The standard InChI is InChI=1S/C31H39O3P/c1-7-9-20-34-30(32)28(8-2)35(33,29-24(4)21-23(3)22-25(29)5)31(6,26-16-12-10-13-17-26)27-18-14-11-15-19-27/h10-19,21-22,28H,7-9,20H2,1-6H3. The molecule has 2 atom stereocenters. The Morgan fingerprint density at radius 3 is 1.80 bits per heavy atom. The molecule has 0 saturated heterocycles. The van der Waals surface area contributed by atoms with Gasteiger partial charge in [-0.1, -0.05) is 98.6 Å². The average Bonchev–Trinajstić information content (AvgIpc) is 2.84. The van der Waals surface area contributed by atoms with Gasteiger partial charge < -0.3 is 9.30 Å². The maximum atomic E-state index is 16.1. The summed E-state index contributed by atoms with van der Waals surface area (Å²) in [7, 11) is -3.52. The molecule has 0 aliphatic carbocycles. The smallest absolute Gasteiger partial charge is 0.316 e. The van der Waals surface area contributed by atoms with Gasteiger partial charge in [0.1, 0.15) is 12.8 Å². The number of carbonyl (C=O) groups is 1. The van der Waals surface area contributed by atoms with Crippen LogP contribution in [0.5, 0.6) is 0 Å². The zero-order valence-corrected chi connectivity index (χ0v) is 22.9. The van der Waals surface area contributed by atoms with E-state index in [1.165, 1.54) is 0 Å². The van der Waals surface area contributed by atoms with Gasteiger partial charge in [0, 0.05) is 5.30 Å². The van der Waals surface area contributed by atoms with Crippen molar-refractivity contribution in [1.82, 2.24) is 0 Å². The van der Waals surface area contributed by atoms with Crippen LogP contribution < -0.4 is 5.30 Å². The van der Waals surface area contributed by atoms with Gasteiger partial charge in [-0.05, 0) is 62.8 Å². The molecule has 0 spiro atoms. The average molecular weight is 491 g/mol. The first-order chi connectivity index (χ1) is 16.7. The number of rotatable bonds is 10. The van der Waals surface area contributed by atoms with Gasteiger partial charge in [0.25, 0.3) is 0 Å². The number of carbonyl (C=O) groups excluding carboxylic acids is 1. The third-order valence-corrected chi connectivity index (χ3v) is 11.8. The topological polar surface area (TPSA) is 43.4 Å². The van der Waals surface area contributed by atoms with Crippen LogP contribution >= 0.6 is 7.14 Å². The van der Waals surface area contributed by atoms with E-state index in [1.54, 1.807) is 0 Å². The summed E-state index contributed by atoms with van der Waals surface area (Å²) < 4.78 is 21.9. The number of ether oxygens (including phenoxy) is 1. The van der Waals surface area contributed by atoms with Crippen LogP contribution in [0, 0.1) is 20.8 Å². The first-order valence-corrected chi connectivity index (χ1v) is 14.4. The second-order valence-corrected chi connectivity index (χ2v) is 12.9. The molecule has 0 aliphatic rings. The third kappa shape index (κ3) is 5.02. The van der Waals surface area contributed by atoms with E-state index >= 15 is 4.57 Å². The van der Waals surface area contributed by atoms with Gasteiger partial charge in [0.05, 0.1) is 11.8 Å². The second-order valence-electron chi connectivity index (χ2n) is 9.65. The van der Waals surface area contributed by atoms with E-state index in [4.69, 9.17) is 4.74 Å². The first-order valence-electron chi connectivity index (χ1n) is 12.7. The fourth-order valence-corrected chi connectivity index (χ4v) is 9.96. The third-order valence-electron chi connectivity index (χ3n) is 7.14. The van der Waals surface area contributed by atoms with Gasteiger partial charge >= 0.3 is 5.97 Å². The summed E-state index contributed by atoms with van der Waals surface area (Å²) >= 11 is 0. The van der Waals surface area contributed by atoms with Crippen LogP contribution in [0.25, 0.3) is 0 Å². The predicted octanol–water partition coefficient (Wildman–Crippen LogP) is 7.69. The molecular weight excluding hydrogens is 451 g/mol. The van der Waals surface area contributed by atoms with Crippen molar-refractivity contribution in [3.8, 4) is 0 Å². The quantitative estimate of drug-likeness (QED) is 0.166. The molecule has 186 valence electrons. The van der Waals surface area contributed by atoms with Gasteiger partial charge in [-0.15, -0.1) is 0 Å². The van der Waals surface area contributed by atoms with E-state index in [9.17, 15) is 4.79 Å². The van der Waals surface area contributed by atoms with Crippen LogP contribution in [0.15, 0.2) is 72.8 Å². The van der Waals surface area contributed by atoms with Gasteiger partial charge in [0.15, 0.2) is 0 Å². The van der Waals surface area contributed by atoms with Crippen LogP contribution in [0.3, 0.4) is 0 Å². The van der Waals surface area contributed by atoms with E-state index in [0.29, 0.717) is 13.0 Å². The molecular formula is C31H39O3P. The maximum absolute atomic E-state index is 16.1. The molecule has 35 heavy (non-hydrogen) atoms. The van der Waals surface area contributed by atoms with Gasteiger partial charge in [-0.2, -0.15) is 0 Å². The van der Waals surface area contributed by atoms with Crippen LogP contribution in [0.2, 0.25) is 0 Å². The van der Waals surface area contributed by atoms with Crippen molar-refractivity contribution >= 4 is 18.4 Å². The molecule has 0 N–H and O–H groups in total. The minimum atomic E-state index is -3.52. The summed E-state index contributed by atoms with van der Waals surface area (Å²) in [5.74, 6) is -0.359. The molecule has 3 nitrogen and oxygen atoms in total. The first kappa shape index (κ1) is 27.0. The zero-order valence-electron chi connectivity index (χ0n) is 22.0. The number of hydrogen-bond acceptors (Lipinski definition) is 3. The van der Waals surface area contributed by atoms with Crippen molar-refractivity contribution in [2.75, 3.05) is 6.61 Å². The number of hydrogen-bond donors (Lipinski definition) is 0. The van der Waals surface area contributed by atoms with Gasteiger partial charge in [0.2, 0.25) is 0 Å². The fraction of sp³-hybridized carbons (Fsp3) is 0.387. The van der Waals surface area contributed by atoms with Gasteiger partial charge in [-0.25, -0.2) is 0 Å². The minimum absolute atomic E-state index is 0.352. The SMILES string of the molecule is CCCCOC(=O)C(CC)P(=O)(c1c(C)cc(C)cc1C)C(C)(c1ccccc1)c1ccccc1. The van der Waals surface area contributed by atoms with Crippen LogP contribution in [-0.2, 0) is 19.3 Å². The number of esters is 1. The summed E-state index contributed by atoms with van der Waals surface area (Å²) in [4.78, 5) is 13.7. The lowest BCUT2D eigenvalue weighted by molar-refractivity contribution is -0.143. The molecule has 0 aromatic heterocycles. The highest BCUT2D eigenvalue weighted by Crippen LogP contribution is 2.69. The Hall–Kier alpha value is -2.64. The van der Waals surface area contributed by atoms with Crippen molar-refractivity contribution in [1.29, 1.82) is 0 Å². The molecule has 3 aromatic rings. The number of aryl methyl sites for hydroxylation is 3. The van der Waals surface area contributed by atoms with Crippen LogP contribution in [-0.4, -0.2) is 18.2 Å². The van der Waals surface area contributed by atoms with Gasteiger partial charge in [-0.3, -0.25) is 4.79 Å². The summed E-state index contributed by atoms with van der Waals surface area (Å²) in [5.41, 5.74) is 4.16. The monoisotopic (exact) mass is 490 g/mol. The molecule has 3 aromatic carbocycles.